The Balaban J connectivity index is 1.34. The Hall–Kier alpha value is -2.30. The molecule has 5 rings (SSSR count). The van der Waals surface area contributed by atoms with E-state index in [9.17, 15) is 8.42 Å². The quantitative estimate of drug-likeness (QED) is 0.298. The molecule has 1 aliphatic carbocycles. The number of morpholine rings is 1. The molecule has 1 saturated heterocycles. The van der Waals surface area contributed by atoms with Crippen molar-refractivity contribution in [1.29, 1.82) is 0 Å². The zero-order valence-corrected chi connectivity index (χ0v) is 25.6. The molecule has 40 heavy (non-hydrogen) atoms. The van der Waals surface area contributed by atoms with Crippen LogP contribution < -0.4 is 9.46 Å². The number of sulfonamides is 1. The van der Waals surface area contributed by atoms with Crippen molar-refractivity contribution in [1.82, 2.24) is 14.6 Å². The topological polar surface area (TPSA) is 80.8 Å². The molecule has 9 heteroatoms. The number of aromatic nitrogens is 1. The standard InChI is InChI=1S/C31H41N3O4S2/c1-5-22(4)27-19-23(9-12-29(27)38-21(2)3)31-32-20-30(39-31)26-8-6-7-25-24(26)10-11-28(25)33-40(35,36)18-15-34-13-16-37-17-14-34/h6-9,12,19-22,28,33H,5,10-11,13-18H2,1-4H3. The van der Waals surface area contributed by atoms with Crippen LogP contribution >= 0.6 is 11.3 Å². The van der Waals surface area contributed by atoms with Crippen LogP contribution in [0.4, 0.5) is 0 Å². The van der Waals surface area contributed by atoms with Gasteiger partial charge in [-0.1, -0.05) is 32.0 Å². The molecule has 1 aromatic heterocycles. The van der Waals surface area contributed by atoms with E-state index >= 15 is 0 Å². The average molecular weight is 584 g/mol. The Kier molecular flexibility index (Phi) is 9.27. The molecule has 2 unspecified atom stereocenters. The van der Waals surface area contributed by atoms with E-state index in [2.05, 4.69) is 67.6 Å². The van der Waals surface area contributed by atoms with Gasteiger partial charge in [0.15, 0.2) is 0 Å². The first-order chi connectivity index (χ1) is 19.2. The summed E-state index contributed by atoms with van der Waals surface area (Å²) in [5, 5.41) is 0.978. The molecule has 0 spiro atoms. The highest BCUT2D eigenvalue weighted by Crippen LogP contribution is 2.42. The Morgan fingerprint density at radius 2 is 1.98 bits per heavy atom. The fourth-order valence-corrected chi connectivity index (χ4v) is 7.80. The number of thiazole rings is 1. The van der Waals surface area contributed by atoms with Crippen LogP contribution in [0, 0.1) is 0 Å². The minimum atomic E-state index is -3.39. The van der Waals surface area contributed by atoms with Gasteiger partial charge in [-0.05, 0) is 79.5 Å². The minimum absolute atomic E-state index is 0.108. The summed E-state index contributed by atoms with van der Waals surface area (Å²) in [6, 6.07) is 12.4. The second-order valence-electron chi connectivity index (χ2n) is 11.1. The lowest BCUT2D eigenvalue weighted by Gasteiger charge is -2.26. The number of hydrogen-bond donors (Lipinski definition) is 1. The normalized spacial score (nSPS) is 18.7. The third kappa shape index (κ3) is 6.77. The van der Waals surface area contributed by atoms with Gasteiger partial charge in [-0.25, -0.2) is 18.1 Å². The van der Waals surface area contributed by atoms with Crippen LogP contribution in [0.1, 0.15) is 69.2 Å². The molecular weight excluding hydrogens is 542 g/mol. The largest absolute Gasteiger partial charge is 0.491 e. The van der Waals surface area contributed by atoms with E-state index in [0.29, 0.717) is 25.7 Å². The zero-order valence-electron chi connectivity index (χ0n) is 24.0. The Morgan fingerprint density at radius 1 is 1.18 bits per heavy atom. The van der Waals surface area contributed by atoms with Gasteiger partial charge in [-0.2, -0.15) is 0 Å². The highest BCUT2D eigenvalue weighted by atomic mass is 32.2. The highest BCUT2D eigenvalue weighted by molar-refractivity contribution is 7.89. The summed E-state index contributed by atoms with van der Waals surface area (Å²) in [5.41, 5.74) is 5.77. The lowest BCUT2D eigenvalue weighted by molar-refractivity contribution is 0.0408. The molecule has 2 heterocycles. The molecular formula is C31H41N3O4S2. The predicted molar refractivity (Wildman–Crippen MR) is 163 cm³/mol. The Bertz CT molecular complexity index is 1410. The summed E-state index contributed by atoms with van der Waals surface area (Å²) >= 11 is 1.68. The molecule has 0 amide bonds. The van der Waals surface area contributed by atoms with E-state index in [0.717, 1.165) is 64.7 Å². The summed E-state index contributed by atoms with van der Waals surface area (Å²) in [7, 11) is -3.39. The summed E-state index contributed by atoms with van der Waals surface area (Å²) in [6.45, 7) is 12.0. The van der Waals surface area contributed by atoms with Gasteiger partial charge in [0.05, 0.1) is 29.9 Å². The number of hydrogen-bond acceptors (Lipinski definition) is 7. The smallest absolute Gasteiger partial charge is 0.213 e. The van der Waals surface area contributed by atoms with Gasteiger partial charge in [-0.15, -0.1) is 11.3 Å². The number of ether oxygens (including phenoxy) is 2. The third-order valence-corrected chi connectivity index (χ3v) is 10.3. The van der Waals surface area contributed by atoms with Gasteiger partial charge < -0.3 is 9.47 Å². The molecule has 2 atom stereocenters. The van der Waals surface area contributed by atoms with Gasteiger partial charge in [0.1, 0.15) is 10.8 Å². The van der Waals surface area contributed by atoms with Crippen molar-refractivity contribution < 1.29 is 17.9 Å². The first-order valence-electron chi connectivity index (χ1n) is 14.4. The molecule has 216 valence electrons. The zero-order chi connectivity index (χ0) is 28.3. The van der Waals surface area contributed by atoms with Gasteiger partial charge in [0.25, 0.3) is 0 Å². The van der Waals surface area contributed by atoms with Gasteiger partial charge in [0, 0.05) is 37.4 Å². The lowest BCUT2D eigenvalue weighted by atomic mass is 9.96. The molecule has 1 N–H and O–H groups in total. The van der Waals surface area contributed by atoms with Crippen molar-refractivity contribution in [2.24, 2.45) is 0 Å². The highest BCUT2D eigenvalue weighted by Gasteiger charge is 2.29. The third-order valence-electron chi connectivity index (χ3n) is 7.91. The Labute approximate surface area is 243 Å². The van der Waals surface area contributed by atoms with Crippen molar-refractivity contribution in [2.45, 2.75) is 65.0 Å². The number of nitrogens with zero attached hydrogens (tertiary/aromatic N) is 2. The van der Waals surface area contributed by atoms with Crippen LogP contribution in [0.15, 0.2) is 42.6 Å². The fourth-order valence-electron chi connectivity index (χ4n) is 5.54. The molecule has 1 fully saturated rings. The van der Waals surface area contributed by atoms with Crippen molar-refractivity contribution in [3.8, 4) is 26.8 Å². The fraction of sp³-hybridized carbons (Fsp3) is 0.516. The van der Waals surface area contributed by atoms with E-state index in [-0.39, 0.29) is 17.9 Å². The van der Waals surface area contributed by atoms with Crippen LogP contribution in [-0.4, -0.2) is 63.0 Å². The maximum atomic E-state index is 12.9. The molecule has 2 aliphatic rings. The monoisotopic (exact) mass is 583 g/mol. The molecule has 3 aromatic rings. The molecule has 0 bridgehead atoms. The van der Waals surface area contributed by atoms with Crippen molar-refractivity contribution >= 4 is 21.4 Å². The minimum Gasteiger partial charge on any atom is -0.491 e. The van der Waals surface area contributed by atoms with Crippen LogP contribution in [0.3, 0.4) is 0 Å². The number of rotatable bonds is 11. The first kappa shape index (κ1) is 29.2. The van der Waals surface area contributed by atoms with Gasteiger partial charge in [-0.3, -0.25) is 4.90 Å². The van der Waals surface area contributed by atoms with Crippen molar-refractivity contribution in [2.75, 3.05) is 38.6 Å². The number of fused-ring (bicyclic) bond motifs is 1. The molecule has 2 aromatic carbocycles. The van der Waals surface area contributed by atoms with Crippen LogP contribution in [0.2, 0.25) is 0 Å². The summed E-state index contributed by atoms with van der Waals surface area (Å²) in [6.07, 6.45) is 4.73. The van der Waals surface area contributed by atoms with E-state index in [1.54, 1.807) is 11.3 Å². The second-order valence-corrected chi connectivity index (χ2v) is 14.0. The molecule has 0 radical (unpaired) electrons. The Morgan fingerprint density at radius 3 is 2.73 bits per heavy atom. The molecule has 1 aliphatic heterocycles. The SMILES string of the molecule is CCC(C)c1cc(-c2ncc(-c3cccc4c3CCC4NS(=O)(=O)CCN3CCOCC3)s2)ccc1OC(C)C. The van der Waals surface area contributed by atoms with Gasteiger partial charge in [0.2, 0.25) is 10.0 Å². The predicted octanol–water partition coefficient (Wildman–Crippen LogP) is 6.02. The molecule has 0 saturated carbocycles. The maximum Gasteiger partial charge on any atom is 0.213 e. The summed E-state index contributed by atoms with van der Waals surface area (Å²) in [5.74, 6) is 1.44. The maximum absolute atomic E-state index is 12.9. The summed E-state index contributed by atoms with van der Waals surface area (Å²) < 4.78 is 40.4. The number of benzene rings is 2. The second kappa shape index (κ2) is 12.7. The van der Waals surface area contributed by atoms with Crippen LogP contribution in [-0.2, 0) is 21.2 Å². The van der Waals surface area contributed by atoms with E-state index in [1.807, 2.05) is 12.3 Å². The van der Waals surface area contributed by atoms with E-state index in [1.165, 1.54) is 11.1 Å². The van der Waals surface area contributed by atoms with Crippen molar-refractivity contribution in [3.05, 3.63) is 59.3 Å². The van der Waals surface area contributed by atoms with Crippen molar-refractivity contribution in [3.63, 3.8) is 0 Å². The molecule has 7 nitrogen and oxygen atoms in total. The van der Waals surface area contributed by atoms with E-state index < -0.39 is 10.0 Å². The number of nitrogens with one attached hydrogen (secondary N) is 1. The van der Waals surface area contributed by atoms with Gasteiger partial charge >= 0.3 is 0 Å². The van der Waals surface area contributed by atoms with E-state index in [4.69, 9.17) is 14.5 Å². The summed E-state index contributed by atoms with van der Waals surface area (Å²) in [4.78, 5) is 8.07. The van der Waals surface area contributed by atoms with Crippen LogP contribution in [0.25, 0.3) is 21.0 Å². The lowest BCUT2D eigenvalue weighted by Crippen LogP contribution is -2.41. The van der Waals surface area contributed by atoms with Crippen LogP contribution in [0.5, 0.6) is 5.75 Å². The average Bonchev–Trinajstić information content (AvgIpc) is 3.60. The first-order valence-corrected chi connectivity index (χ1v) is 16.9.